The van der Waals surface area contributed by atoms with Crippen molar-refractivity contribution in [1.82, 2.24) is 9.80 Å². The van der Waals surface area contributed by atoms with E-state index in [2.05, 4.69) is 15.1 Å². The van der Waals surface area contributed by atoms with Gasteiger partial charge < -0.3 is 0 Å². The Bertz CT molecular complexity index is 1250. The van der Waals surface area contributed by atoms with Gasteiger partial charge in [-0.2, -0.15) is 13.2 Å². The molecule has 9 heteroatoms. The highest BCUT2D eigenvalue weighted by Gasteiger charge is 2.46. The number of azo groups is 1. The molecular formula is C28H30F3N5O+. The van der Waals surface area contributed by atoms with Gasteiger partial charge in [-0.25, -0.2) is 4.58 Å². The summed E-state index contributed by atoms with van der Waals surface area (Å²) >= 11 is 0. The highest BCUT2D eigenvalue weighted by Crippen LogP contribution is 2.47. The molecule has 4 aliphatic heterocycles. The van der Waals surface area contributed by atoms with E-state index in [0.717, 1.165) is 50.5 Å². The lowest BCUT2D eigenvalue weighted by molar-refractivity contribution is -0.480. The number of hydrogen-bond donors (Lipinski definition) is 0. The summed E-state index contributed by atoms with van der Waals surface area (Å²) in [6, 6.07) is 7.73. The molecule has 0 N–H and O–H groups in total. The normalized spacial score (nSPS) is 25.6. The molecular weight excluding hydrogens is 479 g/mol. The van der Waals surface area contributed by atoms with Crippen molar-refractivity contribution in [2.75, 3.05) is 26.7 Å². The number of nitrogens with zero attached hydrogens (tertiary/aromatic N) is 5. The van der Waals surface area contributed by atoms with Crippen LogP contribution < -0.4 is 0 Å². The van der Waals surface area contributed by atoms with Crippen LogP contribution in [0.2, 0.25) is 0 Å². The van der Waals surface area contributed by atoms with E-state index < -0.39 is 17.7 Å². The van der Waals surface area contributed by atoms with E-state index in [9.17, 15) is 18.0 Å². The minimum absolute atomic E-state index is 0.0329. The number of amides is 1. The molecule has 4 heterocycles. The predicted molar refractivity (Wildman–Crippen MR) is 132 cm³/mol. The molecule has 1 aliphatic carbocycles. The van der Waals surface area contributed by atoms with Gasteiger partial charge in [0.05, 0.1) is 35.3 Å². The summed E-state index contributed by atoms with van der Waals surface area (Å²) in [4.78, 5) is 16.9. The molecule has 1 saturated carbocycles. The first-order valence-electron chi connectivity index (χ1n) is 13.0. The standard InChI is InChI=1S/C28H30F3N5O/c1-34-17-32-33-26(34)25(19-6-4-7-19)21-9-5-8-20(13-21)22-14-24-23(28(29,30)31)12-18(16-36(24)27(22)37)15-35-10-2-3-11-35/h5,8-9,12-14,16-17,19,22,25H,2-4,6-7,10-11,15H2,1H3/q+1/t22?,25-/m1/s1. The van der Waals surface area contributed by atoms with E-state index >= 15 is 0 Å². The molecule has 6 rings (SSSR count). The molecule has 1 unspecified atom stereocenters. The third kappa shape index (κ3) is 4.47. The molecule has 0 bridgehead atoms. The van der Waals surface area contributed by atoms with Gasteiger partial charge in [-0.05, 0) is 78.7 Å². The second-order valence-electron chi connectivity index (χ2n) is 10.6. The highest BCUT2D eigenvalue weighted by molar-refractivity contribution is 5.93. The van der Waals surface area contributed by atoms with Crippen LogP contribution in [0.3, 0.4) is 0 Å². The van der Waals surface area contributed by atoms with Crippen molar-refractivity contribution in [3.05, 3.63) is 76.8 Å². The van der Waals surface area contributed by atoms with Crippen LogP contribution in [0.15, 0.2) is 69.7 Å². The summed E-state index contributed by atoms with van der Waals surface area (Å²) in [5.74, 6) is -0.659. The summed E-state index contributed by atoms with van der Waals surface area (Å²) in [5.41, 5.74) is 1.42. The highest BCUT2D eigenvalue weighted by atomic mass is 19.4. The zero-order chi connectivity index (χ0) is 25.7. The molecule has 0 aromatic heterocycles. The zero-order valence-electron chi connectivity index (χ0n) is 20.8. The number of halogens is 3. The quantitative estimate of drug-likeness (QED) is 0.477. The molecule has 2 fully saturated rings. The Kier molecular flexibility index (Phi) is 6.13. The third-order valence-corrected chi connectivity index (χ3v) is 8.17. The monoisotopic (exact) mass is 509 g/mol. The Labute approximate surface area is 214 Å². The number of allylic oxidation sites excluding steroid dienone is 1. The van der Waals surface area contributed by atoms with Crippen molar-refractivity contribution < 1.29 is 22.5 Å². The lowest BCUT2D eigenvalue weighted by Crippen LogP contribution is -2.32. The second-order valence-corrected chi connectivity index (χ2v) is 10.6. The summed E-state index contributed by atoms with van der Waals surface area (Å²) in [5, 5.41) is 8.43. The fourth-order valence-corrected chi connectivity index (χ4v) is 6.07. The van der Waals surface area contributed by atoms with Crippen LogP contribution in [0.25, 0.3) is 0 Å². The molecule has 1 amide bonds. The molecule has 37 heavy (non-hydrogen) atoms. The minimum Gasteiger partial charge on any atom is -0.299 e. The minimum atomic E-state index is -4.55. The summed E-state index contributed by atoms with van der Waals surface area (Å²) in [7, 11) is 1.92. The van der Waals surface area contributed by atoms with Crippen molar-refractivity contribution in [2.45, 2.75) is 50.1 Å². The van der Waals surface area contributed by atoms with Crippen LogP contribution in [0, 0.1) is 12.1 Å². The Balaban J connectivity index is 1.33. The molecule has 1 aromatic carbocycles. The third-order valence-electron chi connectivity index (χ3n) is 8.17. The van der Waals surface area contributed by atoms with Gasteiger partial charge in [0.25, 0.3) is 0 Å². The summed E-state index contributed by atoms with van der Waals surface area (Å²) < 4.78 is 44.3. The number of likely N-dealkylation sites (tertiary alicyclic amines) is 1. The summed E-state index contributed by atoms with van der Waals surface area (Å²) in [6.07, 6.45) is 7.74. The van der Waals surface area contributed by atoms with Gasteiger partial charge in [0.15, 0.2) is 0 Å². The van der Waals surface area contributed by atoms with Crippen LogP contribution in [-0.4, -0.2) is 59.5 Å². The summed E-state index contributed by atoms with van der Waals surface area (Å²) in [6.45, 7) is 2.15. The largest absolute Gasteiger partial charge is 0.418 e. The Hall–Kier alpha value is -3.07. The number of rotatable bonds is 6. The molecule has 0 spiro atoms. The van der Waals surface area contributed by atoms with Gasteiger partial charge in [0, 0.05) is 12.7 Å². The number of likely N-dealkylation sites (N-methyl/N-ethyl adjacent to an activating group) is 1. The maximum atomic E-state index is 14.1. The van der Waals surface area contributed by atoms with Gasteiger partial charge in [-0.15, -0.1) is 0 Å². The number of fused-ring (bicyclic) bond motifs is 1. The van der Waals surface area contributed by atoms with E-state index in [4.69, 9.17) is 0 Å². The number of alkyl halides is 3. The van der Waals surface area contributed by atoms with Crippen molar-refractivity contribution in [3.8, 4) is 0 Å². The molecule has 1 saturated heterocycles. The van der Waals surface area contributed by atoms with Gasteiger partial charge >= 0.3 is 18.7 Å². The smallest absolute Gasteiger partial charge is 0.299 e. The van der Waals surface area contributed by atoms with Crippen molar-refractivity contribution >= 4 is 12.2 Å². The topological polar surface area (TPSA) is 51.3 Å². The number of benzene rings is 1. The van der Waals surface area contributed by atoms with Crippen LogP contribution >= 0.6 is 0 Å². The molecule has 1 aromatic rings. The molecule has 6 nitrogen and oxygen atoms in total. The van der Waals surface area contributed by atoms with Gasteiger partial charge in [-0.3, -0.25) is 14.6 Å². The molecule has 2 atom stereocenters. The maximum absolute atomic E-state index is 14.1. The van der Waals surface area contributed by atoms with Gasteiger partial charge in [0.1, 0.15) is 0 Å². The average Bonchev–Trinajstić information content (AvgIpc) is 3.57. The van der Waals surface area contributed by atoms with E-state index in [-0.39, 0.29) is 17.5 Å². The first-order chi connectivity index (χ1) is 17.8. The van der Waals surface area contributed by atoms with E-state index in [0.29, 0.717) is 23.6 Å². The fourth-order valence-electron chi connectivity index (χ4n) is 6.07. The predicted octanol–water partition coefficient (Wildman–Crippen LogP) is 5.49. The molecule has 1 radical (unpaired) electrons. The van der Waals surface area contributed by atoms with Crippen molar-refractivity contribution in [2.24, 2.45) is 16.1 Å². The Morgan fingerprint density at radius 3 is 2.59 bits per heavy atom. The Morgan fingerprint density at radius 1 is 1.16 bits per heavy atom. The first-order valence-corrected chi connectivity index (χ1v) is 13.0. The molecule has 5 aliphatic rings. The fraction of sp³-hybridized carbons (Fsp3) is 0.464. The van der Waals surface area contributed by atoms with Crippen LogP contribution in [-0.2, 0) is 4.79 Å². The van der Waals surface area contributed by atoms with E-state index in [1.54, 1.807) is 12.5 Å². The van der Waals surface area contributed by atoms with E-state index in [1.807, 2.05) is 35.9 Å². The molecule has 193 valence electrons. The van der Waals surface area contributed by atoms with Crippen molar-refractivity contribution in [3.63, 3.8) is 0 Å². The average molecular weight is 510 g/mol. The Morgan fingerprint density at radius 2 is 1.95 bits per heavy atom. The lowest BCUT2D eigenvalue weighted by Gasteiger charge is -2.34. The van der Waals surface area contributed by atoms with Crippen molar-refractivity contribution in [1.29, 1.82) is 0 Å². The number of hydrogen-bond acceptors (Lipinski definition) is 4. The zero-order valence-corrected chi connectivity index (χ0v) is 20.8. The maximum Gasteiger partial charge on any atom is 0.418 e. The van der Waals surface area contributed by atoms with E-state index in [1.165, 1.54) is 23.5 Å². The lowest BCUT2D eigenvalue weighted by atomic mass is 9.71. The first kappa shape index (κ1) is 24.3. The van der Waals surface area contributed by atoms with Crippen LogP contribution in [0.4, 0.5) is 13.2 Å². The van der Waals surface area contributed by atoms with Crippen LogP contribution in [0.5, 0.6) is 0 Å². The number of carbonyl (C=O) groups is 1. The number of carbonyl (C=O) groups excluding carboxylic acids is 1. The SMILES string of the molecule is C[N+]1=CN=N[C]1[C@@H](c1cccc(C2C=C3C(C(F)(F)F)=CC(CN4CCCC4)=CN3C2=O)c1)C1CCC1. The van der Waals surface area contributed by atoms with Gasteiger partial charge in [-0.1, -0.05) is 30.7 Å². The van der Waals surface area contributed by atoms with Crippen LogP contribution in [0.1, 0.15) is 55.1 Å². The second kappa shape index (κ2) is 9.35. The van der Waals surface area contributed by atoms with Gasteiger partial charge in [0.2, 0.25) is 5.91 Å².